The third kappa shape index (κ3) is 4.01. The van der Waals surface area contributed by atoms with Crippen molar-refractivity contribution in [1.82, 2.24) is 0 Å². The van der Waals surface area contributed by atoms with Crippen molar-refractivity contribution in [3.8, 4) is 23.0 Å². The molecule has 2 aliphatic heterocycles. The van der Waals surface area contributed by atoms with Crippen molar-refractivity contribution >= 4 is 11.9 Å². The highest BCUT2D eigenvalue weighted by Crippen LogP contribution is 2.36. The van der Waals surface area contributed by atoms with Gasteiger partial charge in [-0.15, -0.1) is 0 Å². The Bertz CT molecular complexity index is 1050. The van der Waals surface area contributed by atoms with E-state index in [9.17, 15) is 30.3 Å². The number of hydrogen-bond donors (Lipinski definition) is 5. The first-order chi connectivity index (χ1) is 15.3. The van der Waals surface area contributed by atoms with Gasteiger partial charge in [-0.05, 0) is 35.9 Å². The minimum absolute atomic E-state index is 0.0193. The molecule has 0 bridgehead atoms. The molecule has 10 heteroatoms. The lowest BCUT2D eigenvalue weighted by molar-refractivity contribution is -0.277. The normalized spacial score (nSPS) is 28.3. The van der Waals surface area contributed by atoms with Crippen LogP contribution in [-0.2, 0) is 4.74 Å². The van der Waals surface area contributed by atoms with E-state index in [0.29, 0.717) is 11.1 Å². The summed E-state index contributed by atoms with van der Waals surface area (Å²) in [5.41, 5.74) is 0.881. The van der Waals surface area contributed by atoms with Gasteiger partial charge in [0, 0.05) is 6.07 Å². The molecular formula is C22H22O10. The Morgan fingerprint density at radius 2 is 1.81 bits per heavy atom. The Labute approximate surface area is 182 Å². The second-order valence-corrected chi connectivity index (χ2v) is 7.35. The third-order valence-electron chi connectivity index (χ3n) is 5.23. The molecule has 4 rings (SSSR count). The Balaban J connectivity index is 1.55. The smallest absolute Gasteiger partial charge is 0.231 e. The fraction of sp³-hybridized carbons (Fsp3) is 0.318. The van der Waals surface area contributed by atoms with Crippen molar-refractivity contribution in [3.05, 3.63) is 53.3 Å². The molecule has 170 valence electrons. The topological polar surface area (TPSA) is 155 Å². The number of phenols is 1. The molecule has 2 aliphatic rings. The van der Waals surface area contributed by atoms with Crippen LogP contribution in [0, 0.1) is 0 Å². The summed E-state index contributed by atoms with van der Waals surface area (Å²) >= 11 is 0. The summed E-state index contributed by atoms with van der Waals surface area (Å²) in [5, 5.41) is 48.8. The molecule has 0 saturated carbocycles. The average molecular weight is 446 g/mol. The first kappa shape index (κ1) is 22.1. The molecule has 0 aliphatic carbocycles. The summed E-state index contributed by atoms with van der Waals surface area (Å²) in [5.74, 6) is 0.364. The van der Waals surface area contributed by atoms with Gasteiger partial charge in [0.1, 0.15) is 35.9 Å². The van der Waals surface area contributed by atoms with Crippen LogP contribution in [-0.4, -0.2) is 75.7 Å². The fourth-order valence-corrected chi connectivity index (χ4v) is 3.49. The summed E-state index contributed by atoms with van der Waals surface area (Å²) in [6, 6.07) is 8.90. The zero-order chi connectivity index (χ0) is 23.0. The van der Waals surface area contributed by atoms with Crippen molar-refractivity contribution in [1.29, 1.82) is 0 Å². The maximum Gasteiger partial charge on any atom is 0.231 e. The van der Waals surface area contributed by atoms with E-state index < -0.39 is 37.3 Å². The number of allylic oxidation sites excluding steroid dienone is 1. The molecule has 0 spiro atoms. The number of hydrogen-bond acceptors (Lipinski definition) is 10. The predicted molar refractivity (Wildman–Crippen MR) is 108 cm³/mol. The fourth-order valence-electron chi connectivity index (χ4n) is 3.49. The number of carbonyl (C=O) groups is 1. The average Bonchev–Trinajstić information content (AvgIpc) is 3.09. The summed E-state index contributed by atoms with van der Waals surface area (Å²) in [4.78, 5) is 12.5. The molecule has 5 atom stereocenters. The standard InChI is InChI=1S/C22H22O10/c1-29-15-6-10(7-16-18(25)12-4-3-11(24)8-14(12)30-16)2-5-13(15)31-22-21(28)20(27)19(26)17(9-23)32-22/h2-8,17,19-24,26-28H,9H2,1H3/b16-7+/t17-,19+,20+,21-,22-/m1/s1. The highest BCUT2D eigenvalue weighted by molar-refractivity contribution is 6.14. The summed E-state index contributed by atoms with van der Waals surface area (Å²) in [6.45, 7) is -0.581. The van der Waals surface area contributed by atoms with Crippen LogP contribution in [0.25, 0.3) is 6.08 Å². The lowest BCUT2D eigenvalue weighted by Crippen LogP contribution is -2.60. The number of aliphatic hydroxyl groups excluding tert-OH is 4. The number of fused-ring (bicyclic) bond motifs is 1. The van der Waals surface area contributed by atoms with E-state index in [1.54, 1.807) is 12.1 Å². The van der Waals surface area contributed by atoms with Gasteiger partial charge in [0.05, 0.1) is 19.3 Å². The van der Waals surface area contributed by atoms with Crippen molar-refractivity contribution in [2.24, 2.45) is 0 Å². The Morgan fingerprint density at radius 1 is 1.03 bits per heavy atom. The minimum Gasteiger partial charge on any atom is -0.508 e. The number of aliphatic hydroxyl groups is 4. The van der Waals surface area contributed by atoms with Crippen LogP contribution in [0.1, 0.15) is 15.9 Å². The number of methoxy groups -OCH3 is 1. The van der Waals surface area contributed by atoms with E-state index in [1.807, 2.05) is 0 Å². The quantitative estimate of drug-likeness (QED) is 0.402. The van der Waals surface area contributed by atoms with Crippen LogP contribution < -0.4 is 14.2 Å². The van der Waals surface area contributed by atoms with E-state index in [4.69, 9.17) is 18.9 Å². The van der Waals surface area contributed by atoms with Crippen LogP contribution in [0.5, 0.6) is 23.0 Å². The third-order valence-corrected chi connectivity index (χ3v) is 5.23. The second kappa shape index (κ2) is 8.77. The van der Waals surface area contributed by atoms with E-state index in [0.717, 1.165) is 0 Å². The van der Waals surface area contributed by atoms with Crippen molar-refractivity contribution in [2.45, 2.75) is 30.7 Å². The van der Waals surface area contributed by atoms with E-state index >= 15 is 0 Å². The number of rotatable bonds is 5. The van der Waals surface area contributed by atoms with Gasteiger partial charge in [0.15, 0.2) is 17.3 Å². The molecule has 0 unspecified atom stereocenters. The monoisotopic (exact) mass is 446 g/mol. The number of Topliss-reactive ketones (excluding diaryl/α,β-unsaturated/α-hetero) is 1. The molecular weight excluding hydrogens is 424 g/mol. The number of carbonyl (C=O) groups excluding carboxylic acids is 1. The molecule has 1 saturated heterocycles. The zero-order valence-corrected chi connectivity index (χ0v) is 16.9. The molecule has 0 amide bonds. The number of phenolic OH excluding ortho intramolecular Hbond substituents is 1. The maximum absolute atomic E-state index is 12.5. The van der Waals surface area contributed by atoms with Crippen molar-refractivity contribution < 1.29 is 49.3 Å². The van der Waals surface area contributed by atoms with Gasteiger partial charge in [0.25, 0.3) is 0 Å². The number of aromatic hydroxyl groups is 1. The second-order valence-electron chi connectivity index (χ2n) is 7.35. The lowest BCUT2D eigenvalue weighted by atomic mass is 9.99. The number of ether oxygens (including phenoxy) is 4. The van der Waals surface area contributed by atoms with Crippen LogP contribution in [0.3, 0.4) is 0 Å². The van der Waals surface area contributed by atoms with Crippen LogP contribution >= 0.6 is 0 Å². The van der Waals surface area contributed by atoms with Gasteiger partial charge in [-0.1, -0.05) is 6.07 Å². The Morgan fingerprint density at radius 3 is 2.53 bits per heavy atom. The highest BCUT2D eigenvalue weighted by atomic mass is 16.7. The van der Waals surface area contributed by atoms with E-state index in [-0.39, 0.29) is 34.5 Å². The molecule has 2 aromatic carbocycles. The van der Waals surface area contributed by atoms with Gasteiger partial charge in [0.2, 0.25) is 12.1 Å². The predicted octanol–water partition coefficient (Wildman–Crippen LogP) is 0.196. The molecule has 10 nitrogen and oxygen atoms in total. The van der Waals surface area contributed by atoms with E-state index in [1.165, 1.54) is 37.5 Å². The van der Waals surface area contributed by atoms with Gasteiger partial charge < -0.3 is 44.5 Å². The van der Waals surface area contributed by atoms with Gasteiger partial charge in [-0.3, -0.25) is 4.79 Å². The number of benzene rings is 2. The summed E-state index contributed by atoms with van der Waals surface area (Å²) in [7, 11) is 1.39. The summed E-state index contributed by atoms with van der Waals surface area (Å²) < 4.78 is 21.8. The molecule has 0 aromatic heterocycles. The maximum atomic E-state index is 12.5. The van der Waals surface area contributed by atoms with Crippen molar-refractivity contribution in [2.75, 3.05) is 13.7 Å². The van der Waals surface area contributed by atoms with Crippen LogP contribution in [0.15, 0.2) is 42.2 Å². The first-order valence-electron chi connectivity index (χ1n) is 9.75. The van der Waals surface area contributed by atoms with Gasteiger partial charge in [-0.25, -0.2) is 0 Å². The SMILES string of the molecule is COc1cc(/C=C2/Oc3cc(O)ccc3C2=O)ccc1O[C@@H]1O[C@H](CO)[C@H](O)[C@H](O)[C@H]1O. The largest absolute Gasteiger partial charge is 0.508 e. The zero-order valence-electron chi connectivity index (χ0n) is 16.9. The van der Waals surface area contributed by atoms with Crippen LogP contribution in [0.2, 0.25) is 0 Å². The molecule has 2 aromatic rings. The summed E-state index contributed by atoms with van der Waals surface area (Å²) in [6.07, 6.45) is -5.63. The molecule has 32 heavy (non-hydrogen) atoms. The molecule has 5 N–H and O–H groups in total. The minimum atomic E-state index is -1.58. The first-order valence-corrected chi connectivity index (χ1v) is 9.75. The number of ketones is 1. The van der Waals surface area contributed by atoms with Crippen molar-refractivity contribution in [3.63, 3.8) is 0 Å². The Kier molecular flexibility index (Phi) is 6.04. The highest BCUT2D eigenvalue weighted by Gasteiger charge is 2.45. The molecule has 1 fully saturated rings. The van der Waals surface area contributed by atoms with E-state index in [2.05, 4.69) is 0 Å². The van der Waals surface area contributed by atoms with Crippen LogP contribution in [0.4, 0.5) is 0 Å². The van der Waals surface area contributed by atoms with Gasteiger partial charge in [-0.2, -0.15) is 0 Å². The van der Waals surface area contributed by atoms with Gasteiger partial charge >= 0.3 is 0 Å². The molecule has 0 radical (unpaired) electrons. The Hall–Kier alpha value is -3.15. The molecule has 2 heterocycles. The lowest BCUT2D eigenvalue weighted by Gasteiger charge is -2.39.